The largest absolute Gasteiger partial charge is 0.478 e. The Labute approximate surface area is 156 Å². The maximum absolute atomic E-state index is 11.1. The molecule has 5 nitrogen and oxygen atoms in total. The van der Waals surface area contributed by atoms with Crippen molar-refractivity contribution in [3.8, 4) is 0 Å². The minimum atomic E-state index is -1.12. The van der Waals surface area contributed by atoms with Gasteiger partial charge in [-0.2, -0.15) is 0 Å². The second-order valence-corrected chi connectivity index (χ2v) is 6.87. The molecule has 146 valence electrons. The molecule has 26 heavy (non-hydrogen) atoms. The average Bonchev–Trinajstić information content (AvgIpc) is 2.62. The molecule has 5 heteroatoms. The van der Waals surface area contributed by atoms with Gasteiger partial charge in [0.25, 0.3) is 0 Å². The molecule has 1 rings (SSSR count). The molecule has 0 amide bonds. The Morgan fingerprint density at radius 1 is 0.731 bits per heavy atom. The third-order valence-corrected chi connectivity index (χ3v) is 4.54. The Bertz CT molecular complexity index is 525. The van der Waals surface area contributed by atoms with Gasteiger partial charge in [0.2, 0.25) is 0 Å². The van der Waals surface area contributed by atoms with Crippen LogP contribution in [0.2, 0.25) is 0 Å². The van der Waals surface area contributed by atoms with E-state index in [1.807, 2.05) is 0 Å². The molecule has 0 aliphatic carbocycles. The zero-order valence-electron chi connectivity index (χ0n) is 15.9. The first-order valence-corrected chi connectivity index (χ1v) is 9.90. The summed E-state index contributed by atoms with van der Waals surface area (Å²) in [4.78, 5) is 22.2. The molecule has 0 heterocycles. The highest BCUT2D eigenvalue weighted by Gasteiger charge is 2.11. The van der Waals surface area contributed by atoms with Crippen molar-refractivity contribution >= 4 is 17.6 Å². The molecule has 1 aromatic rings. The molecule has 0 spiro atoms. The van der Waals surface area contributed by atoms with E-state index in [4.69, 9.17) is 10.2 Å². The molecule has 0 bridgehead atoms. The summed E-state index contributed by atoms with van der Waals surface area (Å²) >= 11 is 0. The smallest absolute Gasteiger partial charge is 0.335 e. The lowest BCUT2D eigenvalue weighted by atomic mass is 10.1. The number of hydrogen-bond acceptors (Lipinski definition) is 3. The second kappa shape index (κ2) is 13.2. The Balaban J connectivity index is 2.16. The van der Waals surface area contributed by atoms with Crippen molar-refractivity contribution in [2.75, 3.05) is 11.9 Å². The van der Waals surface area contributed by atoms with Crippen LogP contribution < -0.4 is 5.32 Å². The number of carbonyl (C=O) groups is 2. The summed E-state index contributed by atoms with van der Waals surface area (Å²) in [7, 11) is 0. The number of hydrogen-bond donors (Lipinski definition) is 3. The van der Waals surface area contributed by atoms with E-state index in [9.17, 15) is 9.59 Å². The van der Waals surface area contributed by atoms with Crippen LogP contribution in [0.15, 0.2) is 18.2 Å². The first-order valence-electron chi connectivity index (χ1n) is 9.90. The normalized spacial score (nSPS) is 10.7. The van der Waals surface area contributed by atoms with Crippen LogP contribution in [0.4, 0.5) is 5.69 Å². The van der Waals surface area contributed by atoms with Crippen molar-refractivity contribution < 1.29 is 19.8 Å². The molecule has 0 aliphatic heterocycles. The fourth-order valence-corrected chi connectivity index (χ4v) is 3.00. The zero-order chi connectivity index (χ0) is 19.2. The summed E-state index contributed by atoms with van der Waals surface area (Å²) in [6.07, 6.45) is 14.0. The van der Waals surface area contributed by atoms with Gasteiger partial charge in [0.15, 0.2) is 0 Å². The summed E-state index contributed by atoms with van der Waals surface area (Å²) in [5, 5.41) is 21.3. The number of nitrogens with one attached hydrogen (secondary N) is 1. The van der Waals surface area contributed by atoms with Crippen LogP contribution in [-0.2, 0) is 0 Å². The molecule has 0 atom stereocenters. The van der Waals surface area contributed by atoms with Crippen LogP contribution >= 0.6 is 0 Å². The fourth-order valence-electron chi connectivity index (χ4n) is 3.00. The number of anilines is 1. The van der Waals surface area contributed by atoms with E-state index in [-0.39, 0.29) is 11.1 Å². The minimum Gasteiger partial charge on any atom is -0.478 e. The van der Waals surface area contributed by atoms with E-state index >= 15 is 0 Å². The molecule has 0 unspecified atom stereocenters. The molecule has 0 saturated carbocycles. The number of carboxylic acid groups (broad SMARTS) is 2. The average molecular weight is 363 g/mol. The lowest BCUT2D eigenvalue weighted by Crippen LogP contribution is -2.07. The number of unbranched alkanes of at least 4 members (excludes halogenated alkanes) is 10. The van der Waals surface area contributed by atoms with Gasteiger partial charge < -0.3 is 15.5 Å². The summed E-state index contributed by atoms with van der Waals surface area (Å²) in [5.41, 5.74) is 0.534. The Kier molecular flexibility index (Phi) is 11.2. The first kappa shape index (κ1) is 22.0. The maximum Gasteiger partial charge on any atom is 0.335 e. The molecule has 0 radical (unpaired) electrons. The van der Waals surface area contributed by atoms with E-state index in [1.54, 1.807) is 0 Å². The maximum atomic E-state index is 11.1. The van der Waals surface area contributed by atoms with E-state index in [1.165, 1.54) is 76.0 Å². The molecule has 0 aromatic heterocycles. The predicted octanol–water partition coefficient (Wildman–Crippen LogP) is 5.81. The van der Waals surface area contributed by atoms with Gasteiger partial charge in [-0.15, -0.1) is 0 Å². The number of rotatable bonds is 15. The van der Waals surface area contributed by atoms with Gasteiger partial charge in [-0.1, -0.05) is 71.1 Å². The number of carboxylic acids is 2. The molecule has 0 fully saturated rings. The molecule has 0 saturated heterocycles. The third-order valence-electron chi connectivity index (χ3n) is 4.54. The Morgan fingerprint density at radius 3 is 1.58 bits per heavy atom. The molecule has 1 aromatic carbocycles. The van der Waals surface area contributed by atoms with E-state index in [0.29, 0.717) is 5.69 Å². The van der Waals surface area contributed by atoms with Crippen LogP contribution in [0, 0.1) is 0 Å². The van der Waals surface area contributed by atoms with Gasteiger partial charge in [0.05, 0.1) is 11.1 Å². The van der Waals surface area contributed by atoms with Crippen LogP contribution in [0.5, 0.6) is 0 Å². The first-order chi connectivity index (χ1) is 12.5. The van der Waals surface area contributed by atoms with Crippen molar-refractivity contribution in [3.05, 3.63) is 29.3 Å². The van der Waals surface area contributed by atoms with Crippen molar-refractivity contribution in [2.45, 2.75) is 77.6 Å². The monoisotopic (exact) mass is 363 g/mol. The lowest BCUT2D eigenvalue weighted by Gasteiger charge is -2.09. The number of benzene rings is 1. The molecular formula is C21H33NO4. The summed E-state index contributed by atoms with van der Waals surface area (Å²) in [6, 6.07) is 4.14. The fraction of sp³-hybridized carbons (Fsp3) is 0.619. The quantitative estimate of drug-likeness (QED) is 0.342. The SMILES string of the molecule is CCCCCCCCCCCCCNc1cc(C(=O)O)cc(C(=O)O)c1. The zero-order valence-corrected chi connectivity index (χ0v) is 15.9. The Hall–Kier alpha value is -2.04. The van der Waals surface area contributed by atoms with Gasteiger partial charge in [0, 0.05) is 12.2 Å². The highest BCUT2D eigenvalue weighted by Crippen LogP contribution is 2.16. The lowest BCUT2D eigenvalue weighted by molar-refractivity contribution is 0.0696. The topological polar surface area (TPSA) is 86.6 Å². The van der Waals surface area contributed by atoms with Crippen molar-refractivity contribution in [2.24, 2.45) is 0 Å². The molecule has 3 N–H and O–H groups in total. The highest BCUT2D eigenvalue weighted by molar-refractivity contribution is 5.95. The summed E-state index contributed by atoms with van der Waals surface area (Å²) < 4.78 is 0. The van der Waals surface area contributed by atoms with Crippen LogP contribution in [0.1, 0.15) is 98.3 Å². The Morgan fingerprint density at radius 2 is 1.15 bits per heavy atom. The summed E-state index contributed by atoms with van der Waals surface area (Å²) in [6.45, 7) is 2.96. The van der Waals surface area contributed by atoms with Crippen molar-refractivity contribution in [1.29, 1.82) is 0 Å². The van der Waals surface area contributed by atoms with Gasteiger partial charge in [-0.05, 0) is 24.6 Å². The van der Waals surface area contributed by atoms with E-state index < -0.39 is 11.9 Å². The summed E-state index contributed by atoms with van der Waals surface area (Å²) in [5.74, 6) is -2.24. The highest BCUT2D eigenvalue weighted by atomic mass is 16.4. The van der Waals surface area contributed by atoms with Crippen molar-refractivity contribution in [1.82, 2.24) is 0 Å². The van der Waals surface area contributed by atoms with Gasteiger partial charge in [-0.25, -0.2) is 9.59 Å². The van der Waals surface area contributed by atoms with Crippen LogP contribution in [0.25, 0.3) is 0 Å². The minimum absolute atomic E-state index is 0.00802. The molecule has 0 aliphatic rings. The number of aromatic carboxylic acids is 2. The van der Waals surface area contributed by atoms with E-state index in [2.05, 4.69) is 12.2 Å². The van der Waals surface area contributed by atoms with E-state index in [0.717, 1.165) is 19.4 Å². The second-order valence-electron chi connectivity index (χ2n) is 6.87. The van der Waals surface area contributed by atoms with Crippen molar-refractivity contribution in [3.63, 3.8) is 0 Å². The molecular weight excluding hydrogens is 330 g/mol. The predicted molar refractivity (Wildman–Crippen MR) is 105 cm³/mol. The van der Waals surface area contributed by atoms with Crippen LogP contribution in [0.3, 0.4) is 0 Å². The van der Waals surface area contributed by atoms with Gasteiger partial charge >= 0.3 is 11.9 Å². The standard InChI is InChI=1S/C21H33NO4/c1-2-3-4-5-6-7-8-9-10-11-12-13-22-19-15-17(20(23)24)14-18(16-19)21(25)26/h14-16,22H,2-13H2,1H3,(H,23,24)(H,25,26). The third kappa shape index (κ3) is 9.44. The van der Waals surface area contributed by atoms with Gasteiger partial charge in [0.1, 0.15) is 0 Å². The van der Waals surface area contributed by atoms with Crippen LogP contribution in [-0.4, -0.2) is 28.7 Å². The van der Waals surface area contributed by atoms with Gasteiger partial charge in [-0.3, -0.25) is 0 Å².